The highest BCUT2D eigenvalue weighted by atomic mass is 35.5. The lowest BCUT2D eigenvalue weighted by Gasteiger charge is -2.32. The van der Waals surface area contributed by atoms with Crippen molar-refractivity contribution in [3.8, 4) is 5.75 Å². The molecule has 0 heterocycles. The molecule has 0 saturated carbocycles. The summed E-state index contributed by atoms with van der Waals surface area (Å²) in [6.45, 7) is 0.117. The van der Waals surface area contributed by atoms with Crippen LogP contribution < -0.4 is 14.4 Å². The Labute approximate surface area is 245 Å². The minimum Gasteiger partial charge on any atom is -0.495 e. The molecule has 0 saturated heterocycles. The van der Waals surface area contributed by atoms with Crippen molar-refractivity contribution in [2.45, 2.75) is 31.8 Å². The molecule has 0 aliphatic heterocycles. The van der Waals surface area contributed by atoms with Crippen LogP contribution in [0.1, 0.15) is 24.0 Å². The molecule has 0 radical (unpaired) electrons. The smallest absolute Gasteiger partial charge is 0.242 e. The molecule has 40 heavy (non-hydrogen) atoms. The maximum Gasteiger partial charge on any atom is 0.242 e. The van der Waals surface area contributed by atoms with Crippen molar-refractivity contribution in [1.82, 2.24) is 10.2 Å². The van der Waals surface area contributed by atoms with Crippen molar-refractivity contribution < 1.29 is 22.7 Å². The van der Waals surface area contributed by atoms with Crippen LogP contribution in [0.15, 0.2) is 72.8 Å². The van der Waals surface area contributed by atoms with Crippen LogP contribution >= 0.6 is 23.2 Å². The van der Waals surface area contributed by atoms with E-state index in [1.807, 2.05) is 30.3 Å². The predicted molar refractivity (Wildman–Crippen MR) is 159 cm³/mol. The Balaban J connectivity index is 1.89. The fourth-order valence-corrected chi connectivity index (χ4v) is 5.81. The number of nitrogens with zero attached hydrogens (tertiary/aromatic N) is 2. The normalized spacial score (nSPS) is 11.9. The van der Waals surface area contributed by atoms with Gasteiger partial charge < -0.3 is 15.0 Å². The van der Waals surface area contributed by atoms with E-state index in [0.29, 0.717) is 27.0 Å². The third-order valence-corrected chi connectivity index (χ3v) is 8.15. The number of sulfonamides is 1. The Morgan fingerprint density at radius 1 is 1.00 bits per heavy atom. The number of nitrogens with one attached hydrogen (secondary N) is 1. The first-order valence-electron chi connectivity index (χ1n) is 12.6. The fraction of sp³-hybridized carbons (Fsp3) is 0.310. The molecule has 3 aromatic carbocycles. The van der Waals surface area contributed by atoms with Crippen molar-refractivity contribution in [3.63, 3.8) is 0 Å². The molecule has 3 rings (SSSR count). The first-order chi connectivity index (χ1) is 19.0. The van der Waals surface area contributed by atoms with Crippen LogP contribution in [0.4, 0.5) is 5.69 Å². The summed E-state index contributed by atoms with van der Waals surface area (Å²) in [4.78, 5) is 28.3. The van der Waals surface area contributed by atoms with Gasteiger partial charge in [-0.15, -0.1) is 0 Å². The zero-order valence-electron chi connectivity index (χ0n) is 22.6. The van der Waals surface area contributed by atoms with E-state index in [1.165, 1.54) is 23.4 Å². The molecule has 0 bridgehead atoms. The molecule has 8 nitrogen and oxygen atoms in total. The molecule has 0 spiro atoms. The van der Waals surface area contributed by atoms with Gasteiger partial charge >= 0.3 is 0 Å². The van der Waals surface area contributed by atoms with Gasteiger partial charge in [0, 0.05) is 43.0 Å². The number of anilines is 1. The second-order valence-electron chi connectivity index (χ2n) is 9.19. The highest BCUT2D eigenvalue weighted by molar-refractivity contribution is 7.92. The Kier molecular flexibility index (Phi) is 11.2. The molecule has 1 N–H and O–H groups in total. The van der Waals surface area contributed by atoms with Crippen LogP contribution in [0, 0.1) is 0 Å². The molecule has 1 atom stereocenters. The van der Waals surface area contributed by atoms with Gasteiger partial charge in [-0.3, -0.25) is 13.9 Å². The van der Waals surface area contributed by atoms with Crippen LogP contribution in [-0.2, 0) is 32.6 Å². The molecular weight excluding hydrogens is 573 g/mol. The van der Waals surface area contributed by atoms with Crippen LogP contribution in [0.2, 0.25) is 10.0 Å². The standard InChI is InChI=1S/C29H33Cl2N3O5S/c1-32-29(36)26(18-21-10-5-4-6-11-21)33(20-22-15-16-23(30)19-24(22)31)28(35)14-9-17-34(40(3,37)38)25-12-7-8-13-27(25)39-2/h4-8,10-13,15-16,19,26H,9,14,17-18,20H2,1-3H3,(H,32,36)/t26-/m1/s1. The average Bonchev–Trinajstić information content (AvgIpc) is 2.93. The largest absolute Gasteiger partial charge is 0.495 e. The van der Waals surface area contributed by atoms with Crippen molar-refractivity contribution in [3.05, 3.63) is 94.0 Å². The number of carbonyl (C=O) groups excluding carboxylic acids is 2. The number of rotatable bonds is 13. The summed E-state index contributed by atoms with van der Waals surface area (Å²) in [6.07, 6.45) is 1.60. The number of likely N-dealkylation sites (N-methyl/N-ethyl adjacent to an activating group) is 1. The number of hydrogen-bond acceptors (Lipinski definition) is 5. The molecule has 11 heteroatoms. The Morgan fingerprint density at radius 2 is 1.68 bits per heavy atom. The van der Waals surface area contributed by atoms with Gasteiger partial charge in [0.2, 0.25) is 21.8 Å². The minimum absolute atomic E-state index is 0.00530. The molecule has 0 unspecified atom stereocenters. The fourth-order valence-electron chi connectivity index (χ4n) is 4.37. The van der Waals surface area contributed by atoms with Gasteiger partial charge in [0.25, 0.3) is 0 Å². The summed E-state index contributed by atoms with van der Waals surface area (Å²) in [5, 5.41) is 3.50. The SMILES string of the molecule is CNC(=O)[C@@H](Cc1ccccc1)N(Cc1ccc(Cl)cc1Cl)C(=O)CCCN(c1ccccc1OC)S(C)(=O)=O. The van der Waals surface area contributed by atoms with Crippen LogP contribution in [0.5, 0.6) is 5.75 Å². The van der Waals surface area contributed by atoms with E-state index in [4.69, 9.17) is 27.9 Å². The number of para-hydroxylation sites is 2. The number of methoxy groups -OCH3 is 1. The average molecular weight is 607 g/mol. The number of ether oxygens (including phenoxy) is 1. The third-order valence-electron chi connectivity index (χ3n) is 6.38. The lowest BCUT2D eigenvalue weighted by molar-refractivity contribution is -0.141. The summed E-state index contributed by atoms with van der Waals surface area (Å²) < 4.78 is 31.9. The second-order valence-corrected chi connectivity index (χ2v) is 11.9. The van der Waals surface area contributed by atoms with Gasteiger partial charge in [0.15, 0.2) is 0 Å². The number of carbonyl (C=O) groups is 2. The Morgan fingerprint density at radius 3 is 2.30 bits per heavy atom. The molecule has 0 aliphatic carbocycles. The quantitative estimate of drug-likeness (QED) is 0.298. The Bertz CT molecular complexity index is 1420. The molecule has 0 aliphatic rings. The van der Waals surface area contributed by atoms with Crippen molar-refractivity contribution >= 4 is 50.7 Å². The summed E-state index contributed by atoms with van der Waals surface area (Å²) in [5.74, 6) is -0.237. The van der Waals surface area contributed by atoms with Gasteiger partial charge in [-0.2, -0.15) is 0 Å². The van der Waals surface area contributed by atoms with E-state index in [1.54, 1.807) is 42.5 Å². The monoisotopic (exact) mass is 605 g/mol. The van der Waals surface area contributed by atoms with E-state index >= 15 is 0 Å². The maximum absolute atomic E-state index is 13.8. The van der Waals surface area contributed by atoms with Crippen molar-refractivity contribution in [1.29, 1.82) is 0 Å². The summed E-state index contributed by atoms with van der Waals surface area (Å²) in [6, 6.07) is 20.4. The van der Waals surface area contributed by atoms with Gasteiger partial charge in [0.1, 0.15) is 11.8 Å². The van der Waals surface area contributed by atoms with E-state index in [9.17, 15) is 18.0 Å². The number of benzene rings is 3. The zero-order valence-corrected chi connectivity index (χ0v) is 25.0. The second kappa shape index (κ2) is 14.4. The van der Waals surface area contributed by atoms with Crippen LogP contribution in [-0.4, -0.2) is 58.1 Å². The number of halogens is 2. The van der Waals surface area contributed by atoms with E-state index in [-0.39, 0.29) is 44.2 Å². The predicted octanol–water partition coefficient (Wildman–Crippen LogP) is 4.93. The summed E-state index contributed by atoms with van der Waals surface area (Å²) in [7, 11) is -0.677. The highest BCUT2D eigenvalue weighted by Crippen LogP contribution is 2.30. The molecule has 214 valence electrons. The third kappa shape index (κ3) is 8.36. The van der Waals surface area contributed by atoms with Crippen LogP contribution in [0.3, 0.4) is 0 Å². The number of amides is 2. The van der Waals surface area contributed by atoms with Gasteiger partial charge in [0.05, 0.1) is 19.1 Å². The molecule has 0 fully saturated rings. The topological polar surface area (TPSA) is 96.0 Å². The van der Waals surface area contributed by atoms with Crippen molar-refractivity contribution in [2.75, 3.05) is 31.3 Å². The highest BCUT2D eigenvalue weighted by Gasteiger charge is 2.30. The first kappa shape index (κ1) is 31.3. The van der Waals surface area contributed by atoms with Gasteiger partial charge in [-0.05, 0) is 41.8 Å². The number of hydrogen-bond donors (Lipinski definition) is 1. The Hall–Kier alpha value is -3.27. The summed E-state index contributed by atoms with van der Waals surface area (Å²) in [5.41, 5.74) is 1.90. The van der Waals surface area contributed by atoms with E-state index < -0.39 is 16.1 Å². The molecule has 3 aromatic rings. The first-order valence-corrected chi connectivity index (χ1v) is 15.2. The zero-order chi connectivity index (χ0) is 29.3. The lowest BCUT2D eigenvalue weighted by Crippen LogP contribution is -2.49. The van der Waals surface area contributed by atoms with E-state index in [0.717, 1.165) is 11.8 Å². The summed E-state index contributed by atoms with van der Waals surface area (Å²) >= 11 is 12.5. The van der Waals surface area contributed by atoms with Crippen molar-refractivity contribution in [2.24, 2.45) is 0 Å². The molecule has 2 amide bonds. The minimum atomic E-state index is -3.67. The van der Waals surface area contributed by atoms with Crippen LogP contribution in [0.25, 0.3) is 0 Å². The molecule has 0 aromatic heterocycles. The molecular formula is C29H33Cl2N3O5S. The van der Waals surface area contributed by atoms with Gasteiger partial charge in [-0.1, -0.05) is 71.7 Å². The van der Waals surface area contributed by atoms with Gasteiger partial charge in [-0.25, -0.2) is 8.42 Å². The van der Waals surface area contributed by atoms with E-state index in [2.05, 4.69) is 5.32 Å². The lowest BCUT2D eigenvalue weighted by atomic mass is 10.0. The maximum atomic E-state index is 13.8.